The number of carbonyl (C=O) groups is 1. The van der Waals surface area contributed by atoms with Crippen molar-refractivity contribution >= 4 is 11.9 Å². The number of piperidine rings is 1. The van der Waals surface area contributed by atoms with E-state index in [1.54, 1.807) is 0 Å². The van der Waals surface area contributed by atoms with Crippen molar-refractivity contribution < 1.29 is 9.53 Å². The first-order chi connectivity index (χ1) is 13.1. The van der Waals surface area contributed by atoms with Gasteiger partial charge in [0.2, 0.25) is 0 Å². The number of ether oxygens (including phenoxy) is 1. The van der Waals surface area contributed by atoms with Gasteiger partial charge in [0.05, 0.1) is 0 Å². The average Bonchev–Trinajstić information content (AvgIpc) is 3.13. The Hall–Kier alpha value is -1.30. The molecule has 2 aliphatic rings. The Kier molecular flexibility index (Phi) is 9.95. The molecule has 0 bridgehead atoms. The zero-order valence-corrected chi connectivity index (χ0v) is 17.6. The third kappa shape index (κ3) is 8.96. The molecule has 0 radical (unpaired) electrons. The van der Waals surface area contributed by atoms with Crippen molar-refractivity contribution in [3.63, 3.8) is 0 Å². The van der Waals surface area contributed by atoms with Gasteiger partial charge in [-0.3, -0.25) is 9.79 Å². The standard InChI is InChI=1S/C21H40N4O2/c1-4-22-21(24-18-11-14-25(15-12-18)16-17(2)3)23-13-7-10-20(26)27-19-8-5-6-9-19/h17-19H,4-16H2,1-3H3,(H2,22,23,24). The molecule has 2 fully saturated rings. The van der Waals surface area contributed by atoms with Crippen LogP contribution in [-0.4, -0.2) is 61.7 Å². The lowest BCUT2D eigenvalue weighted by Gasteiger charge is -2.34. The molecule has 0 amide bonds. The Labute approximate surface area is 165 Å². The van der Waals surface area contributed by atoms with Gasteiger partial charge in [-0.25, -0.2) is 0 Å². The number of carbonyl (C=O) groups excluding carboxylic acids is 1. The molecule has 0 unspecified atom stereocenters. The van der Waals surface area contributed by atoms with Gasteiger partial charge >= 0.3 is 5.97 Å². The molecule has 1 saturated heterocycles. The van der Waals surface area contributed by atoms with E-state index in [1.165, 1.54) is 19.4 Å². The maximum Gasteiger partial charge on any atom is 0.306 e. The lowest BCUT2D eigenvalue weighted by atomic mass is 10.0. The molecule has 6 nitrogen and oxygen atoms in total. The number of nitrogens with zero attached hydrogens (tertiary/aromatic N) is 2. The van der Waals surface area contributed by atoms with Gasteiger partial charge in [0, 0.05) is 45.2 Å². The second-order valence-electron chi connectivity index (χ2n) is 8.37. The Bertz CT molecular complexity index is 453. The van der Waals surface area contributed by atoms with Crippen LogP contribution in [-0.2, 0) is 9.53 Å². The van der Waals surface area contributed by atoms with Crippen molar-refractivity contribution in [3.05, 3.63) is 0 Å². The molecule has 27 heavy (non-hydrogen) atoms. The smallest absolute Gasteiger partial charge is 0.306 e. The fourth-order valence-electron chi connectivity index (χ4n) is 3.95. The van der Waals surface area contributed by atoms with Gasteiger partial charge in [-0.1, -0.05) is 13.8 Å². The third-order valence-electron chi connectivity index (χ3n) is 5.31. The summed E-state index contributed by atoms with van der Waals surface area (Å²) < 4.78 is 5.50. The monoisotopic (exact) mass is 380 g/mol. The second kappa shape index (κ2) is 12.2. The van der Waals surface area contributed by atoms with Crippen LogP contribution in [0.5, 0.6) is 0 Å². The highest BCUT2D eigenvalue weighted by Gasteiger charge is 2.21. The SMILES string of the molecule is CCNC(=NCCCC(=O)OC1CCCC1)NC1CCN(CC(C)C)CC1. The molecule has 0 aromatic rings. The van der Waals surface area contributed by atoms with Crippen molar-refractivity contribution in [1.82, 2.24) is 15.5 Å². The fraction of sp³-hybridized carbons (Fsp3) is 0.905. The van der Waals surface area contributed by atoms with Gasteiger partial charge in [-0.15, -0.1) is 0 Å². The quantitative estimate of drug-likeness (QED) is 0.279. The number of hydrogen-bond acceptors (Lipinski definition) is 4. The number of guanidine groups is 1. The van der Waals surface area contributed by atoms with Crippen LogP contribution in [0.1, 0.15) is 72.1 Å². The average molecular weight is 381 g/mol. The second-order valence-corrected chi connectivity index (χ2v) is 8.37. The summed E-state index contributed by atoms with van der Waals surface area (Å²) in [6.07, 6.45) is 8.15. The molecular weight excluding hydrogens is 340 g/mol. The number of rotatable bonds is 9. The van der Waals surface area contributed by atoms with E-state index in [1.807, 2.05) is 0 Å². The summed E-state index contributed by atoms with van der Waals surface area (Å²) in [6.45, 7) is 11.7. The summed E-state index contributed by atoms with van der Waals surface area (Å²) >= 11 is 0. The first-order valence-corrected chi connectivity index (χ1v) is 11.0. The van der Waals surface area contributed by atoms with Crippen LogP contribution < -0.4 is 10.6 Å². The topological polar surface area (TPSA) is 66.0 Å². The van der Waals surface area contributed by atoms with Gasteiger partial charge in [-0.2, -0.15) is 0 Å². The van der Waals surface area contributed by atoms with Gasteiger partial charge < -0.3 is 20.3 Å². The molecular formula is C21H40N4O2. The van der Waals surface area contributed by atoms with Gasteiger partial charge in [0.15, 0.2) is 5.96 Å². The predicted molar refractivity (Wildman–Crippen MR) is 111 cm³/mol. The lowest BCUT2D eigenvalue weighted by molar-refractivity contribution is -0.148. The van der Waals surface area contributed by atoms with E-state index in [9.17, 15) is 4.79 Å². The Morgan fingerprint density at radius 2 is 1.89 bits per heavy atom. The molecule has 1 saturated carbocycles. The summed E-state index contributed by atoms with van der Waals surface area (Å²) in [6, 6.07) is 0.485. The molecule has 0 atom stereocenters. The Morgan fingerprint density at radius 1 is 1.19 bits per heavy atom. The fourth-order valence-corrected chi connectivity index (χ4v) is 3.95. The van der Waals surface area contributed by atoms with Gasteiger partial charge in [0.25, 0.3) is 0 Å². The highest BCUT2D eigenvalue weighted by Crippen LogP contribution is 2.21. The molecule has 1 aliphatic heterocycles. The van der Waals surface area contributed by atoms with Crippen LogP contribution in [0.15, 0.2) is 4.99 Å². The zero-order chi connectivity index (χ0) is 19.5. The van der Waals surface area contributed by atoms with E-state index in [0.29, 0.717) is 19.0 Å². The molecule has 2 rings (SSSR count). The summed E-state index contributed by atoms with van der Waals surface area (Å²) in [4.78, 5) is 19.1. The number of likely N-dealkylation sites (tertiary alicyclic amines) is 1. The molecule has 0 aromatic heterocycles. The van der Waals surface area contributed by atoms with Crippen LogP contribution in [0.25, 0.3) is 0 Å². The van der Waals surface area contributed by atoms with Crippen molar-refractivity contribution in [3.8, 4) is 0 Å². The van der Waals surface area contributed by atoms with E-state index in [2.05, 4.69) is 41.3 Å². The summed E-state index contributed by atoms with van der Waals surface area (Å²) in [7, 11) is 0. The van der Waals surface area contributed by atoms with Crippen molar-refractivity contribution in [2.45, 2.75) is 84.3 Å². The first kappa shape index (κ1) is 22.0. The highest BCUT2D eigenvalue weighted by molar-refractivity contribution is 5.80. The number of esters is 1. The summed E-state index contributed by atoms with van der Waals surface area (Å²) in [5.41, 5.74) is 0. The van der Waals surface area contributed by atoms with E-state index >= 15 is 0 Å². The third-order valence-corrected chi connectivity index (χ3v) is 5.31. The molecule has 1 heterocycles. The van der Waals surface area contributed by atoms with E-state index in [-0.39, 0.29) is 12.1 Å². The molecule has 156 valence electrons. The highest BCUT2D eigenvalue weighted by atomic mass is 16.5. The maximum atomic E-state index is 11.9. The first-order valence-electron chi connectivity index (χ1n) is 11.0. The number of nitrogens with one attached hydrogen (secondary N) is 2. The Balaban J connectivity index is 1.65. The van der Waals surface area contributed by atoms with Crippen molar-refractivity contribution in [2.75, 3.05) is 32.7 Å². The summed E-state index contributed by atoms with van der Waals surface area (Å²) in [5.74, 6) is 1.55. The lowest BCUT2D eigenvalue weighted by Crippen LogP contribution is -2.49. The Morgan fingerprint density at radius 3 is 2.52 bits per heavy atom. The maximum absolute atomic E-state index is 11.9. The minimum atomic E-state index is -0.0624. The summed E-state index contributed by atoms with van der Waals surface area (Å²) in [5, 5.41) is 6.90. The van der Waals surface area contributed by atoms with Gasteiger partial charge in [0.1, 0.15) is 6.10 Å². The largest absolute Gasteiger partial charge is 0.462 e. The van der Waals surface area contributed by atoms with E-state index in [4.69, 9.17) is 4.74 Å². The van der Waals surface area contributed by atoms with Crippen molar-refractivity contribution in [2.24, 2.45) is 10.9 Å². The van der Waals surface area contributed by atoms with Crippen LogP contribution in [0, 0.1) is 5.92 Å². The van der Waals surface area contributed by atoms with Crippen LogP contribution in [0.2, 0.25) is 0 Å². The van der Waals surface area contributed by atoms with Crippen LogP contribution in [0.4, 0.5) is 0 Å². The number of aliphatic imine (C=N–C) groups is 1. The normalized spacial score (nSPS) is 20.2. The molecule has 0 aromatic carbocycles. The minimum Gasteiger partial charge on any atom is -0.462 e. The molecule has 1 aliphatic carbocycles. The zero-order valence-electron chi connectivity index (χ0n) is 17.6. The molecule has 0 spiro atoms. The predicted octanol–water partition coefficient (Wildman–Crippen LogP) is 2.93. The van der Waals surface area contributed by atoms with Crippen LogP contribution in [0.3, 0.4) is 0 Å². The van der Waals surface area contributed by atoms with E-state index in [0.717, 1.165) is 63.6 Å². The van der Waals surface area contributed by atoms with Crippen LogP contribution >= 0.6 is 0 Å². The minimum absolute atomic E-state index is 0.0624. The number of hydrogen-bond donors (Lipinski definition) is 2. The van der Waals surface area contributed by atoms with Crippen molar-refractivity contribution in [1.29, 1.82) is 0 Å². The molecule has 2 N–H and O–H groups in total. The molecule has 6 heteroatoms. The van der Waals surface area contributed by atoms with E-state index < -0.39 is 0 Å². The van der Waals surface area contributed by atoms with Gasteiger partial charge in [-0.05, 0) is 57.8 Å².